The summed E-state index contributed by atoms with van der Waals surface area (Å²) in [4.78, 5) is 22.7. The van der Waals surface area contributed by atoms with Crippen molar-refractivity contribution in [1.82, 2.24) is 5.32 Å². The van der Waals surface area contributed by atoms with E-state index in [0.717, 1.165) is 25.7 Å². The summed E-state index contributed by atoms with van der Waals surface area (Å²) in [6.07, 6.45) is 3.97. The van der Waals surface area contributed by atoms with Gasteiger partial charge in [-0.2, -0.15) is 0 Å². The number of rotatable bonds is 9. The SMILES string of the molecule is O=C(O)CC1(CC(=O)NCCOCCO)CCCC1. The van der Waals surface area contributed by atoms with Crippen LogP contribution in [-0.4, -0.2) is 48.5 Å². The number of aliphatic hydroxyl groups excluding tert-OH is 1. The third-order valence-corrected chi connectivity index (χ3v) is 3.53. The number of amides is 1. The zero-order chi connectivity index (χ0) is 14.1. The number of aliphatic hydroxyl groups is 1. The minimum absolute atomic E-state index is 0.0321. The van der Waals surface area contributed by atoms with Crippen LogP contribution in [0, 0.1) is 5.41 Å². The molecule has 0 heterocycles. The molecular weight excluding hydrogens is 250 g/mol. The van der Waals surface area contributed by atoms with Gasteiger partial charge < -0.3 is 20.3 Å². The number of hydrogen-bond acceptors (Lipinski definition) is 4. The fourth-order valence-electron chi connectivity index (χ4n) is 2.69. The number of carboxylic acid groups (broad SMARTS) is 1. The van der Waals surface area contributed by atoms with Crippen molar-refractivity contribution in [3.8, 4) is 0 Å². The molecule has 110 valence electrons. The maximum absolute atomic E-state index is 11.8. The zero-order valence-electron chi connectivity index (χ0n) is 11.2. The lowest BCUT2D eigenvalue weighted by atomic mass is 9.79. The molecule has 1 aliphatic rings. The van der Waals surface area contributed by atoms with Gasteiger partial charge in [-0.1, -0.05) is 12.8 Å². The van der Waals surface area contributed by atoms with Crippen LogP contribution in [0.1, 0.15) is 38.5 Å². The molecule has 0 aromatic heterocycles. The van der Waals surface area contributed by atoms with E-state index in [4.69, 9.17) is 14.9 Å². The molecule has 0 aromatic rings. The monoisotopic (exact) mass is 273 g/mol. The lowest BCUT2D eigenvalue weighted by molar-refractivity contribution is -0.140. The van der Waals surface area contributed by atoms with Gasteiger partial charge in [0.25, 0.3) is 0 Å². The van der Waals surface area contributed by atoms with Crippen molar-refractivity contribution in [2.45, 2.75) is 38.5 Å². The van der Waals surface area contributed by atoms with Gasteiger partial charge in [0, 0.05) is 13.0 Å². The van der Waals surface area contributed by atoms with Gasteiger partial charge >= 0.3 is 5.97 Å². The first-order valence-corrected chi connectivity index (χ1v) is 6.75. The van der Waals surface area contributed by atoms with Gasteiger partial charge in [-0.25, -0.2) is 0 Å². The third-order valence-electron chi connectivity index (χ3n) is 3.53. The molecule has 6 heteroatoms. The van der Waals surface area contributed by atoms with E-state index in [0.29, 0.717) is 13.2 Å². The van der Waals surface area contributed by atoms with E-state index in [1.807, 2.05) is 0 Å². The van der Waals surface area contributed by atoms with Crippen molar-refractivity contribution < 1.29 is 24.5 Å². The summed E-state index contributed by atoms with van der Waals surface area (Å²) >= 11 is 0. The van der Waals surface area contributed by atoms with Crippen LogP contribution >= 0.6 is 0 Å². The Balaban J connectivity index is 2.29. The van der Waals surface area contributed by atoms with Crippen molar-refractivity contribution in [3.63, 3.8) is 0 Å². The van der Waals surface area contributed by atoms with Crippen molar-refractivity contribution in [3.05, 3.63) is 0 Å². The predicted molar refractivity (Wildman–Crippen MR) is 68.7 cm³/mol. The average molecular weight is 273 g/mol. The van der Waals surface area contributed by atoms with Gasteiger partial charge in [0.2, 0.25) is 5.91 Å². The maximum Gasteiger partial charge on any atom is 0.303 e. The molecular formula is C13H23NO5. The standard InChI is InChI=1S/C13H23NO5/c15-6-8-19-7-5-14-11(16)9-13(10-12(17)18)3-1-2-4-13/h15H,1-10H2,(H,14,16)(H,17,18). The molecule has 0 atom stereocenters. The summed E-state index contributed by atoms with van der Waals surface area (Å²) in [6, 6.07) is 0. The van der Waals surface area contributed by atoms with E-state index < -0.39 is 5.97 Å². The topological polar surface area (TPSA) is 95.9 Å². The number of hydrogen-bond donors (Lipinski definition) is 3. The van der Waals surface area contributed by atoms with E-state index in [-0.39, 0.29) is 37.4 Å². The minimum atomic E-state index is -0.832. The summed E-state index contributed by atoms with van der Waals surface area (Å²) < 4.78 is 5.03. The second-order valence-electron chi connectivity index (χ2n) is 5.14. The summed E-state index contributed by atoms with van der Waals surface area (Å²) in [6.45, 7) is 0.981. The first kappa shape index (κ1) is 15.9. The van der Waals surface area contributed by atoms with Gasteiger partial charge in [0.05, 0.1) is 26.2 Å². The highest BCUT2D eigenvalue weighted by atomic mass is 16.5. The van der Waals surface area contributed by atoms with Gasteiger partial charge in [-0.15, -0.1) is 0 Å². The fraction of sp³-hybridized carbons (Fsp3) is 0.846. The molecule has 1 amide bonds. The molecule has 6 nitrogen and oxygen atoms in total. The van der Waals surface area contributed by atoms with Crippen LogP contribution in [0.5, 0.6) is 0 Å². The van der Waals surface area contributed by atoms with E-state index in [1.54, 1.807) is 0 Å². The Hall–Kier alpha value is -1.14. The number of nitrogens with one attached hydrogen (secondary N) is 1. The van der Waals surface area contributed by atoms with Crippen LogP contribution in [0.3, 0.4) is 0 Å². The Kier molecular flexibility index (Phi) is 6.80. The Morgan fingerprint density at radius 2 is 1.84 bits per heavy atom. The highest BCUT2D eigenvalue weighted by molar-refractivity contribution is 5.78. The molecule has 1 fully saturated rings. The number of ether oxygens (including phenoxy) is 1. The highest BCUT2D eigenvalue weighted by Crippen LogP contribution is 2.43. The molecule has 0 aliphatic heterocycles. The molecule has 0 radical (unpaired) electrons. The van der Waals surface area contributed by atoms with Crippen molar-refractivity contribution in [2.24, 2.45) is 5.41 Å². The third kappa shape index (κ3) is 6.02. The maximum atomic E-state index is 11.8. The fourth-order valence-corrected chi connectivity index (χ4v) is 2.69. The highest BCUT2D eigenvalue weighted by Gasteiger charge is 2.37. The minimum Gasteiger partial charge on any atom is -0.481 e. The number of carbonyl (C=O) groups excluding carboxylic acids is 1. The van der Waals surface area contributed by atoms with Crippen molar-refractivity contribution in [1.29, 1.82) is 0 Å². The lowest BCUT2D eigenvalue weighted by Crippen LogP contribution is -2.33. The van der Waals surface area contributed by atoms with Crippen LogP contribution in [0.15, 0.2) is 0 Å². The van der Waals surface area contributed by atoms with Gasteiger partial charge in [-0.05, 0) is 18.3 Å². The number of aliphatic carboxylic acids is 1. The van der Waals surface area contributed by atoms with Gasteiger partial charge in [0.15, 0.2) is 0 Å². The number of carboxylic acids is 1. The number of carbonyl (C=O) groups is 2. The van der Waals surface area contributed by atoms with Crippen LogP contribution in [-0.2, 0) is 14.3 Å². The normalized spacial score (nSPS) is 17.3. The summed E-state index contributed by atoms with van der Waals surface area (Å²) in [5.41, 5.74) is -0.359. The molecule has 3 N–H and O–H groups in total. The van der Waals surface area contributed by atoms with Gasteiger partial charge in [-0.3, -0.25) is 9.59 Å². The quantitative estimate of drug-likeness (QED) is 0.533. The van der Waals surface area contributed by atoms with Crippen LogP contribution < -0.4 is 5.32 Å². The summed E-state index contributed by atoms with van der Waals surface area (Å²) in [7, 11) is 0. The molecule has 19 heavy (non-hydrogen) atoms. The van der Waals surface area contributed by atoms with Crippen molar-refractivity contribution >= 4 is 11.9 Å². The van der Waals surface area contributed by atoms with Crippen LogP contribution in [0.25, 0.3) is 0 Å². The molecule has 0 aromatic carbocycles. The average Bonchev–Trinajstić information content (AvgIpc) is 2.76. The summed E-state index contributed by atoms with van der Waals surface area (Å²) in [5.74, 6) is -0.947. The smallest absolute Gasteiger partial charge is 0.303 e. The first-order valence-electron chi connectivity index (χ1n) is 6.75. The zero-order valence-corrected chi connectivity index (χ0v) is 11.2. The van der Waals surface area contributed by atoms with Gasteiger partial charge in [0.1, 0.15) is 0 Å². The Bertz CT molecular complexity index is 299. The van der Waals surface area contributed by atoms with Crippen LogP contribution in [0.2, 0.25) is 0 Å². The van der Waals surface area contributed by atoms with Crippen molar-refractivity contribution in [2.75, 3.05) is 26.4 Å². The van der Waals surface area contributed by atoms with Crippen LogP contribution in [0.4, 0.5) is 0 Å². The molecule has 0 spiro atoms. The van der Waals surface area contributed by atoms with E-state index >= 15 is 0 Å². The molecule has 1 aliphatic carbocycles. The first-order chi connectivity index (χ1) is 9.08. The molecule has 0 saturated heterocycles. The molecule has 0 unspecified atom stereocenters. The van der Waals surface area contributed by atoms with E-state index in [9.17, 15) is 9.59 Å². The second kappa shape index (κ2) is 8.12. The molecule has 1 saturated carbocycles. The summed E-state index contributed by atoms with van der Waals surface area (Å²) in [5, 5.41) is 20.2. The Morgan fingerprint density at radius 1 is 1.16 bits per heavy atom. The lowest BCUT2D eigenvalue weighted by Gasteiger charge is -2.26. The molecule has 1 rings (SSSR count). The molecule has 0 bridgehead atoms. The van der Waals surface area contributed by atoms with E-state index in [1.165, 1.54) is 0 Å². The van der Waals surface area contributed by atoms with E-state index in [2.05, 4.69) is 5.32 Å². The predicted octanol–water partition coefficient (Wildman–Crippen LogP) is 0.537. The largest absolute Gasteiger partial charge is 0.481 e. The Labute approximate surface area is 113 Å². The second-order valence-corrected chi connectivity index (χ2v) is 5.14. The Morgan fingerprint density at radius 3 is 2.42 bits per heavy atom.